The van der Waals surface area contributed by atoms with Crippen molar-refractivity contribution in [2.45, 2.75) is 6.43 Å². The molecule has 0 saturated carbocycles. The number of carbonyl (C=O) groups excluding carboxylic acids is 1. The molecule has 0 spiro atoms. The molecule has 1 rings (SSSR count). The summed E-state index contributed by atoms with van der Waals surface area (Å²) in [5.74, 6) is -0.399. The van der Waals surface area contributed by atoms with Crippen LogP contribution in [0.25, 0.3) is 0 Å². The fourth-order valence-corrected chi connectivity index (χ4v) is 1.30. The number of methoxy groups -OCH3 is 2. The van der Waals surface area contributed by atoms with Gasteiger partial charge in [0.1, 0.15) is 0 Å². The first kappa shape index (κ1) is 12.6. The number of alkyl halides is 2. The van der Waals surface area contributed by atoms with E-state index in [-0.39, 0.29) is 17.3 Å². The molecule has 88 valence electrons. The van der Waals surface area contributed by atoms with E-state index in [4.69, 9.17) is 16.3 Å². The van der Waals surface area contributed by atoms with Crippen LogP contribution in [-0.2, 0) is 0 Å². The van der Waals surface area contributed by atoms with E-state index in [1.54, 1.807) is 0 Å². The lowest BCUT2D eigenvalue weighted by atomic mass is 10.1. The Morgan fingerprint density at radius 1 is 1.44 bits per heavy atom. The molecule has 1 heterocycles. The van der Waals surface area contributed by atoms with Crippen molar-refractivity contribution in [3.63, 3.8) is 0 Å². The third-order valence-electron chi connectivity index (χ3n) is 1.83. The highest BCUT2D eigenvalue weighted by molar-refractivity contribution is 6.68. The zero-order valence-electron chi connectivity index (χ0n) is 8.46. The summed E-state index contributed by atoms with van der Waals surface area (Å²) in [5.41, 5.74) is -1.01. The van der Waals surface area contributed by atoms with Crippen molar-refractivity contribution >= 4 is 16.8 Å². The van der Waals surface area contributed by atoms with Crippen molar-refractivity contribution < 1.29 is 23.0 Å². The van der Waals surface area contributed by atoms with Crippen LogP contribution in [0, 0.1) is 0 Å². The number of pyridine rings is 1. The van der Waals surface area contributed by atoms with E-state index in [2.05, 4.69) is 9.72 Å². The van der Waals surface area contributed by atoms with Gasteiger partial charge in [-0.15, -0.1) is 0 Å². The minimum Gasteiger partial charge on any atom is -0.481 e. The maximum Gasteiger partial charge on any atom is 0.269 e. The molecule has 4 nitrogen and oxygen atoms in total. The molecule has 0 unspecified atom stereocenters. The molecule has 0 amide bonds. The van der Waals surface area contributed by atoms with Crippen LogP contribution in [0.3, 0.4) is 0 Å². The fourth-order valence-electron chi connectivity index (χ4n) is 1.14. The van der Waals surface area contributed by atoms with Crippen molar-refractivity contribution in [2.24, 2.45) is 0 Å². The van der Waals surface area contributed by atoms with Crippen molar-refractivity contribution in [1.82, 2.24) is 4.98 Å². The van der Waals surface area contributed by atoms with Crippen molar-refractivity contribution in [2.75, 3.05) is 14.2 Å². The summed E-state index contributed by atoms with van der Waals surface area (Å²) < 4.78 is 34.8. The summed E-state index contributed by atoms with van der Waals surface area (Å²) in [6.45, 7) is 0. The molecule has 16 heavy (non-hydrogen) atoms. The van der Waals surface area contributed by atoms with Crippen molar-refractivity contribution in [1.29, 1.82) is 0 Å². The van der Waals surface area contributed by atoms with E-state index in [0.717, 1.165) is 13.2 Å². The van der Waals surface area contributed by atoms with E-state index < -0.39 is 17.2 Å². The van der Waals surface area contributed by atoms with Gasteiger partial charge in [0.2, 0.25) is 11.8 Å². The summed E-state index contributed by atoms with van der Waals surface area (Å²) in [5, 5.41) is -1.02. The summed E-state index contributed by atoms with van der Waals surface area (Å²) in [6, 6.07) is 1.04. The Hall–Kier alpha value is -1.43. The van der Waals surface area contributed by atoms with Gasteiger partial charge in [-0.3, -0.25) is 4.79 Å². The van der Waals surface area contributed by atoms with Gasteiger partial charge in [-0.05, 0) is 11.6 Å². The number of carbonyl (C=O) groups is 1. The van der Waals surface area contributed by atoms with E-state index in [1.165, 1.54) is 7.11 Å². The van der Waals surface area contributed by atoms with Gasteiger partial charge in [0.15, 0.2) is 0 Å². The maximum absolute atomic E-state index is 12.7. The number of halogens is 3. The quantitative estimate of drug-likeness (QED) is 0.771. The average Bonchev–Trinajstić information content (AvgIpc) is 2.26. The Labute approximate surface area is 95.1 Å². The minimum atomic E-state index is -2.91. The second-order valence-corrected chi connectivity index (χ2v) is 3.05. The summed E-state index contributed by atoms with van der Waals surface area (Å²) in [7, 11) is 2.45. The number of hydrogen-bond acceptors (Lipinski definition) is 4. The lowest BCUT2D eigenvalue weighted by Crippen LogP contribution is -2.05. The first-order chi connectivity index (χ1) is 7.51. The maximum atomic E-state index is 12.7. The number of ether oxygens (including phenoxy) is 2. The molecule has 1 aromatic heterocycles. The smallest absolute Gasteiger partial charge is 0.269 e. The molecule has 0 radical (unpaired) electrons. The zero-order valence-corrected chi connectivity index (χ0v) is 9.22. The van der Waals surface area contributed by atoms with E-state index in [0.29, 0.717) is 0 Å². The lowest BCUT2D eigenvalue weighted by Gasteiger charge is -2.11. The molecule has 0 bridgehead atoms. The first-order valence-corrected chi connectivity index (χ1v) is 4.50. The highest BCUT2D eigenvalue weighted by Gasteiger charge is 2.25. The Kier molecular flexibility index (Phi) is 4.00. The van der Waals surface area contributed by atoms with Gasteiger partial charge in [-0.25, -0.2) is 8.78 Å². The van der Waals surface area contributed by atoms with Crippen LogP contribution < -0.4 is 9.47 Å². The molecule has 0 aliphatic heterocycles. The predicted octanol–water partition coefficient (Wildman–Crippen LogP) is 2.42. The third kappa shape index (κ3) is 2.38. The molecule has 0 saturated heterocycles. The molecule has 0 N–H and O–H groups in total. The van der Waals surface area contributed by atoms with E-state index in [9.17, 15) is 13.6 Å². The predicted molar refractivity (Wildman–Crippen MR) is 52.5 cm³/mol. The Morgan fingerprint density at radius 3 is 2.44 bits per heavy atom. The monoisotopic (exact) mass is 251 g/mol. The average molecular weight is 252 g/mol. The van der Waals surface area contributed by atoms with Crippen LogP contribution in [0.15, 0.2) is 6.07 Å². The van der Waals surface area contributed by atoms with Gasteiger partial charge in [0.05, 0.1) is 25.3 Å². The van der Waals surface area contributed by atoms with Gasteiger partial charge in [-0.2, -0.15) is 4.98 Å². The molecule has 7 heteroatoms. The Morgan fingerprint density at radius 2 is 2.06 bits per heavy atom. The van der Waals surface area contributed by atoms with Gasteiger partial charge < -0.3 is 9.47 Å². The molecule has 0 aliphatic rings. The number of hydrogen-bond donors (Lipinski definition) is 0. The molecule has 0 atom stereocenters. The van der Waals surface area contributed by atoms with Gasteiger partial charge >= 0.3 is 0 Å². The molecule has 0 aromatic carbocycles. The van der Waals surface area contributed by atoms with Gasteiger partial charge in [0.25, 0.3) is 11.7 Å². The normalized spacial score (nSPS) is 10.4. The van der Waals surface area contributed by atoms with Gasteiger partial charge in [-0.1, -0.05) is 0 Å². The van der Waals surface area contributed by atoms with Crippen LogP contribution in [0.2, 0.25) is 0 Å². The molecule has 0 aliphatic carbocycles. The Balaban J connectivity index is 3.47. The van der Waals surface area contributed by atoms with Crippen LogP contribution in [0.5, 0.6) is 11.8 Å². The fraction of sp³-hybridized carbons (Fsp3) is 0.333. The number of aromatic nitrogens is 1. The second kappa shape index (κ2) is 5.07. The second-order valence-electron chi connectivity index (χ2n) is 2.71. The van der Waals surface area contributed by atoms with Crippen molar-refractivity contribution in [3.05, 3.63) is 17.2 Å². The summed E-state index contributed by atoms with van der Waals surface area (Å²) in [4.78, 5) is 14.6. The van der Waals surface area contributed by atoms with Crippen LogP contribution in [0.1, 0.15) is 22.3 Å². The minimum absolute atomic E-state index is 0.0229. The lowest BCUT2D eigenvalue weighted by molar-refractivity contribution is 0.106. The van der Waals surface area contributed by atoms with Crippen LogP contribution >= 0.6 is 11.6 Å². The zero-order chi connectivity index (χ0) is 12.3. The Bertz CT molecular complexity index is 412. The first-order valence-electron chi connectivity index (χ1n) is 4.12. The van der Waals surface area contributed by atoms with E-state index >= 15 is 0 Å². The molecular formula is C9H8ClF2NO3. The SMILES string of the molecule is COc1cc(C(=O)Cl)c(C(F)F)c(OC)n1. The molecule has 0 fully saturated rings. The topological polar surface area (TPSA) is 48.4 Å². The number of rotatable bonds is 4. The largest absolute Gasteiger partial charge is 0.481 e. The highest BCUT2D eigenvalue weighted by Crippen LogP contribution is 2.33. The number of nitrogens with zero attached hydrogens (tertiary/aromatic N) is 1. The van der Waals surface area contributed by atoms with Gasteiger partial charge in [0, 0.05) is 6.07 Å². The van der Waals surface area contributed by atoms with Crippen LogP contribution in [0.4, 0.5) is 8.78 Å². The summed E-state index contributed by atoms with van der Waals surface area (Å²) >= 11 is 5.20. The van der Waals surface area contributed by atoms with Crippen molar-refractivity contribution in [3.8, 4) is 11.8 Å². The van der Waals surface area contributed by atoms with Crippen LogP contribution in [-0.4, -0.2) is 24.4 Å². The summed E-state index contributed by atoms with van der Waals surface area (Å²) in [6.07, 6.45) is -2.91. The molecular weight excluding hydrogens is 244 g/mol. The third-order valence-corrected chi connectivity index (χ3v) is 2.04. The van der Waals surface area contributed by atoms with E-state index in [1.807, 2.05) is 0 Å². The highest BCUT2D eigenvalue weighted by atomic mass is 35.5. The standard InChI is InChI=1S/C9H8ClF2NO3/c1-15-5-3-4(7(10)14)6(8(11)12)9(13-5)16-2/h3,8H,1-2H3. The molecule has 1 aromatic rings.